The number of hydrogen-bond acceptors (Lipinski definition) is 5. The standard InChI is InChI=1S/C17H21N3O2S/c21-17(5-1-3-15-4-2-12-23-15)19-14-6-7-16(18-13-14)20-8-10-22-11-9-20/h2,4,6-7,12-13H,1,3,5,8-11H2,(H,19,21). The third-order valence-electron chi connectivity index (χ3n) is 3.77. The van der Waals surface area contributed by atoms with Gasteiger partial charge in [-0.05, 0) is 36.4 Å². The molecule has 0 atom stereocenters. The van der Waals surface area contributed by atoms with Crippen molar-refractivity contribution in [1.29, 1.82) is 0 Å². The van der Waals surface area contributed by atoms with E-state index in [0.717, 1.165) is 50.7 Å². The maximum absolute atomic E-state index is 12.0. The third kappa shape index (κ3) is 4.77. The molecular formula is C17H21N3O2S. The van der Waals surface area contributed by atoms with Crippen LogP contribution in [-0.4, -0.2) is 37.2 Å². The number of nitrogens with zero attached hydrogens (tertiary/aromatic N) is 2. The first kappa shape index (κ1) is 16.0. The fourth-order valence-electron chi connectivity index (χ4n) is 2.54. The van der Waals surface area contributed by atoms with Gasteiger partial charge < -0.3 is 15.0 Å². The Hall–Kier alpha value is -1.92. The molecule has 3 heterocycles. The van der Waals surface area contributed by atoms with Gasteiger partial charge in [-0.1, -0.05) is 6.07 Å². The van der Waals surface area contributed by atoms with Crippen molar-refractivity contribution in [2.75, 3.05) is 36.5 Å². The molecule has 1 aliphatic heterocycles. The topological polar surface area (TPSA) is 54.5 Å². The van der Waals surface area contributed by atoms with Gasteiger partial charge in [0.25, 0.3) is 0 Å². The van der Waals surface area contributed by atoms with Crippen molar-refractivity contribution in [3.8, 4) is 0 Å². The highest BCUT2D eigenvalue weighted by atomic mass is 32.1. The number of carbonyl (C=O) groups excluding carboxylic acids is 1. The van der Waals surface area contributed by atoms with Gasteiger partial charge in [-0.2, -0.15) is 0 Å². The van der Waals surface area contributed by atoms with E-state index < -0.39 is 0 Å². The SMILES string of the molecule is O=C(CCCc1cccs1)Nc1ccc(N2CCOCC2)nc1. The van der Waals surface area contributed by atoms with Gasteiger partial charge in [0, 0.05) is 24.4 Å². The molecule has 1 saturated heterocycles. The van der Waals surface area contributed by atoms with Crippen LogP contribution in [0.25, 0.3) is 0 Å². The summed E-state index contributed by atoms with van der Waals surface area (Å²) in [6.45, 7) is 3.21. The van der Waals surface area contributed by atoms with Gasteiger partial charge in [0.1, 0.15) is 5.82 Å². The summed E-state index contributed by atoms with van der Waals surface area (Å²) in [4.78, 5) is 19.9. The van der Waals surface area contributed by atoms with E-state index in [-0.39, 0.29) is 5.91 Å². The van der Waals surface area contributed by atoms with E-state index in [4.69, 9.17) is 4.74 Å². The molecule has 1 amide bonds. The largest absolute Gasteiger partial charge is 0.378 e. The van der Waals surface area contributed by atoms with E-state index in [2.05, 4.69) is 26.6 Å². The number of hydrogen-bond donors (Lipinski definition) is 1. The number of amides is 1. The van der Waals surface area contributed by atoms with E-state index in [1.807, 2.05) is 18.2 Å². The van der Waals surface area contributed by atoms with E-state index in [1.54, 1.807) is 17.5 Å². The fraction of sp³-hybridized carbons (Fsp3) is 0.412. The zero-order chi connectivity index (χ0) is 15.9. The van der Waals surface area contributed by atoms with Crippen molar-refractivity contribution >= 4 is 28.7 Å². The zero-order valence-electron chi connectivity index (χ0n) is 13.0. The van der Waals surface area contributed by atoms with Crippen LogP contribution in [0.1, 0.15) is 17.7 Å². The summed E-state index contributed by atoms with van der Waals surface area (Å²) in [5.41, 5.74) is 0.753. The number of nitrogens with one attached hydrogen (secondary N) is 1. The van der Waals surface area contributed by atoms with Gasteiger partial charge in [-0.25, -0.2) is 4.98 Å². The summed E-state index contributed by atoms with van der Waals surface area (Å²) in [5, 5.41) is 4.98. The van der Waals surface area contributed by atoms with Crippen molar-refractivity contribution in [2.45, 2.75) is 19.3 Å². The van der Waals surface area contributed by atoms with Crippen LogP contribution in [0.15, 0.2) is 35.8 Å². The van der Waals surface area contributed by atoms with Gasteiger partial charge in [0.05, 0.1) is 25.1 Å². The summed E-state index contributed by atoms with van der Waals surface area (Å²) in [6.07, 6.45) is 4.08. The van der Waals surface area contributed by atoms with Crippen LogP contribution in [0.4, 0.5) is 11.5 Å². The lowest BCUT2D eigenvalue weighted by Crippen LogP contribution is -2.36. The quantitative estimate of drug-likeness (QED) is 0.884. The zero-order valence-corrected chi connectivity index (χ0v) is 13.8. The first-order chi connectivity index (χ1) is 11.3. The van der Waals surface area contributed by atoms with Crippen LogP contribution < -0.4 is 10.2 Å². The molecule has 23 heavy (non-hydrogen) atoms. The molecule has 0 unspecified atom stereocenters. The molecule has 1 fully saturated rings. The normalized spacial score (nSPS) is 14.7. The Bertz CT molecular complexity index is 607. The maximum Gasteiger partial charge on any atom is 0.224 e. The summed E-state index contributed by atoms with van der Waals surface area (Å²) < 4.78 is 5.34. The highest BCUT2D eigenvalue weighted by molar-refractivity contribution is 7.09. The van der Waals surface area contributed by atoms with Crippen molar-refractivity contribution in [3.05, 3.63) is 40.7 Å². The molecule has 1 aliphatic rings. The Morgan fingerprint density at radius 2 is 2.17 bits per heavy atom. The van der Waals surface area contributed by atoms with E-state index in [0.29, 0.717) is 6.42 Å². The maximum atomic E-state index is 12.0. The van der Waals surface area contributed by atoms with Crippen molar-refractivity contribution in [3.63, 3.8) is 0 Å². The smallest absolute Gasteiger partial charge is 0.224 e. The first-order valence-corrected chi connectivity index (χ1v) is 8.80. The highest BCUT2D eigenvalue weighted by Gasteiger charge is 2.12. The van der Waals surface area contributed by atoms with Crippen LogP contribution in [0, 0.1) is 0 Å². The Labute approximate surface area is 140 Å². The predicted octanol–water partition coefficient (Wildman–Crippen LogP) is 2.94. The number of rotatable bonds is 6. The van der Waals surface area contributed by atoms with Crippen LogP contribution in [0.5, 0.6) is 0 Å². The number of ether oxygens (including phenoxy) is 1. The fourth-order valence-corrected chi connectivity index (χ4v) is 3.29. The average molecular weight is 331 g/mol. The average Bonchev–Trinajstić information content (AvgIpc) is 3.10. The number of aryl methyl sites for hydroxylation is 1. The predicted molar refractivity (Wildman–Crippen MR) is 93.2 cm³/mol. The molecule has 0 aromatic carbocycles. The monoisotopic (exact) mass is 331 g/mol. The minimum absolute atomic E-state index is 0.0440. The van der Waals surface area contributed by atoms with E-state index >= 15 is 0 Å². The minimum Gasteiger partial charge on any atom is -0.378 e. The lowest BCUT2D eigenvalue weighted by Gasteiger charge is -2.27. The second kappa shape index (κ2) is 8.08. The third-order valence-corrected chi connectivity index (χ3v) is 4.71. The molecule has 122 valence electrons. The van der Waals surface area contributed by atoms with E-state index in [1.165, 1.54) is 4.88 Å². The van der Waals surface area contributed by atoms with Crippen LogP contribution in [0.3, 0.4) is 0 Å². The van der Waals surface area contributed by atoms with Crippen LogP contribution in [0.2, 0.25) is 0 Å². The molecule has 0 bridgehead atoms. The van der Waals surface area contributed by atoms with Crippen molar-refractivity contribution in [2.24, 2.45) is 0 Å². The van der Waals surface area contributed by atoms with Crippen molar-refractivity contribution < 1.29 is 9.53 Å². The molecule has 0 radical (unpaired) electrons. The molecule has 5 nitrogen and oxygen atoms in total. The Kier molecular flexibility index (Phi) is 5.60. The summed E-state index contributed by atoms with van der Waals surface area (Å²) >= 11 is 1.74. The Balaban J connectivity index is 1.44. The second-order valence-corrected chi connectivity index (χ2v) is 6.52. The van der Waals surface area contributed by atoms with Crippen molar-refractivity contribution in [1.82, 2.24) is 4.98 Å². The Morgan fingerprint density at radius 3 is 2.87 bits per heavy atom. The van der Waals surface area contributed by atoms with Gasteiger partial charge in [0.2, 0.25) is 5.91 Å². The van der Waals surface area contributed by atoms with Crippen LogP contribution >= 0.6 is 11.3 Å². The highest BCUT2D eigenvalue weighted by Crippen LogP contribution is 2.16. The molecule has 0 aliphatic carbocycles. The summed E-state index contributed by atoms with van der Waals surface area (Å²) in [5.74, 6) is 0.978. The molecule has 6 heteroatoms. The second-order valence-electron chi connectivity index (χ2n) is 5.49. The van der Waals surface area contributed by atoms with Gasteiger partial charge in [0.15, 0.2) is 0 Å². The summed E-state index contributed by atoms with van der Waals surface area (Å²) in [6, 6.07) is 8.01. The number of pyridine rings is 1. The van der Waals surface area contributed by atoms with Gasteiger partial charge >= 0.3 is 0 Å². The number of thiophene rings is 1. The van der Waals surface area contributed by atoms with E-state index in [9.17, 15) is 4.79 Å². The van der Waals surface area contributed by atoms with Gasteiger partial charge in [-0.15, -0.1) is 11.3 Å². The molecular weight excluding hydrogens is 310 g/mol. The number of aromatic nitrogens is 1. The molecule has 2 aromatic rings. The first-order valence-electron chi connectivity index (χ1n) is 7.92. The Morgan fingerprint density at radius 1 is 1.30 bits per heavy atom. The lowest BCUT2D eigenvalue weighted by atomic mass is 10.2. The molecule has 2 aromatic heterocycles. The minimum atomic E-state index is 0.0440. The number of anilines is 2. The summed E-state index contributed by atoms with van der Waals surface area (Å²) in [7, 11) is 0. The molecule has 0 saturated carbocycles. The van der Waals surface area contributed by atoms with Gasteiger partial charge in [-0.3, -0.25) is 4.79 Å². The lowest BCUT2D eigenvalue weighted by molar-refractivity contribution is -0.116. The molecule has 1 N–H and O–H groups in total. The number of morpholine rings is 1. The molecule has 0 spiro atoms. The number of carbonyl (C=O) groups is 1. The van der Waals surface area contributed by atoms with Crippen LogP contribution in [-0.2, 0) is 16.0 Å². The molecule has 3 rings (SSSR count).